The lowest BCUT2D eigenvalue weighted by atomic mass is 10.3. The summed E-state index contributed by atoms with van der Waals surface area (Å²) in [7, 11) is 0. The molecule has 1 heterocycles. The second-order valence-electron chi connectivity index (χ2n) is 3.72. The van der Waals surface area contributed by atoms with Crippen molar-refractivity contribution in [1.29, 1.82) is 0 Å². The van der Waals surface area contributed by atoms with Gasteiger partial charge in [-0.3, -0.25) is 10.1 Å². The van der Waals surface area contributed by atoms with Crippen LogP contribution < -0.4 is 10.6 Å². The predicted octanol–water partition coefficient (Wildman–Crippen LogP) is 2.18. The van der Waals surface area contributed by atoms with Crippen LogP contribution in [0.15, 0.2) is 22.5 Å². The molecule has 0 unspecified atom stereocenters. The van der Waals surface area contributed by atoms with Crippen molar-refractivity contribution in [1.82, 2.24) is 10.3 Å². The van der Waals surface area contributed by atoms with Gasteiger partial charge in [-0.05, 0) is 24.5 Å². The van der Waals surface area contributed by atoms with Gasteiger partial charge in [0.15, 0.2) is 4.34 Å². The predicted molar refractivity (Wildman–Crippen MR) is 81.7 cm³/mol. The number of terminal acetylenes is 1. The molecule has 19 heavy (non-hydrogen) atoms. The number of nitrogens with zero attached hydrogens (tertiary/aromatic N) is 1. The monoisotopic (exact) mass is 291 g/mol. The zero-order valence-electron chi connectivity index (χ0n) is 10.4. The summed E-state index contributed by atoms with van der Waals surface area (Å²) in [4.78, 5) is 16.1. The van der Waals surface area contributed by atoms with Gasteiger partial charge in [0.05, 0.1) is 23.3 Å². The highest BCUT2D eigenvalue weighted by atomic mass is 32.2. The van der Waals surface area contributed by atoms with Crippen molar-refractivity contribution in [3.05, 3.63) is 18.2 Å². The molecule has 0 fully saturated rings. The van der Waals surface area contributed by atoms with Crippen molar-refractivity contribution in [2.45, 2.75) is 4.34 Å². The highest BCUT2D eigenvalue weighted by Crippen LogP contribution is 2.29. The van der Waals surface area contributed by atoms with Crippen molar-refractivity contribution in [3.63, 3.8) is 0 Å². The number of rotatable bonds is 5. The van der Waals surface area contributed by atoms with E-state index >= 15 is 0 Å². The summed E-state index contributed by atoms with van der Waals surface area (Å²) in [5, 5.41) is 5.67. The average molecular weight is 291 g/mol. The lowest BCUT2D eigenvalue weighted by Crippen LogP contribution is -2.28. The summed E-state index contributed by atoms with van der Waals surface area (Å²) in [5.41, 5.74) is 1.73. The largest absolute Gasteiger partial charge is 0.325 e. The zero-order valence-corrected chi connectivity index (χ0v) is 12.0. The zero-order chi connectivity index (χ0) is 13.7. The summed E-state index contributed by atoms with van der Waals surface area (Å²) < 4.78 is 2.09. The number of fused-ring (bicyclic) bond motifs is 1. The van der Waals surface area contributed by atoms with Crippen LogP contribution in [0.25, 0.3) is 10.2 Å². The molecule has 0 atom stereocenters. The van der Waals surface area contributed by atoms with E-state index in [9.17, 15) is 4.79 Å². The normalized spacial score (nSPS) is 10.3. The van der Waals surface area contributed by atoms with Crippen molar-refractivity contribution in [2.75, 3.05) is 24.7 Å². The molecule has 0 aliphatic rings. The Hall–Kier alpha value is -1.55. The van der Waals surface area contributed by atoms with Crippen molar-refractivity contribution >= 4 is 44.9 Å². The number of carbonyl (C=O) groups is 1. The van der Waals surface area contributed by atoms with E-state index in [2.05, 4.69) is 21.5 Å². The average Bonchev–Trinajstić information content (AvgIpc) is 2.81. The summed E-state index contributed by atoms with van der Waals surface area (Å²) in [6.45, 7) is 0.597. The number of aromatic nitrogens is 1. The maximum atomic E-state index is 11.6. The van der Waals surface area contributed by atoms with Gasteiger partial charge in [-0.15, -0.1) is 17.8 Å². The smallest absolute Gasteiger partial charge is 0.238 e. The van der Waals surface area contributed by atoms with E-state index in [1.807, 2.05) is 24.5 Å². The molecule has 0 saturated carbocycles. The van der Waals surface area contributed by atoms with Crippen LogP contribution in [-0.2, 0) is 4.79 Å². The fraction of sp³-hybridized carbons (Fsp3) is 0.231. The number of thioether (sulfide) groups is 1. The quantitative estimate of drug-likeness (QED) is 0.504. The van der Waals surface area contributed by atoms with Gasteiger partial charge in [-0.25, -0.2) is 4.98 Å². The molecular weight excluding hydrogens is 278 g/mol. The Morgan fingerprint density at radius 1 is 1.58 bits per heavy atom. The maximum Gasteiger partial charge on any atom is 0.238 e. The number of thiazole rings is 1. The van der Waals surface area contributed by atoms with Crippen LogP contribution in [0.4, 0.5) is 5.69 Å². The van der Waals surface area contributed by atoms with E-state index in [0.29, 0.717) is 6.54 Å². The minimum Gasteiger partial charge on any atom is -0.325 e. The Balaban J connectivity index is 2.04. The molecular formula is C13H13N3OS2. The molecule has 0 spiro atoms. The molecule has 2 N–H and O–H groups in total. The molecule has 2 aromatic rings. The number of benzene rings is 1. The van der Waals surface area contributed by atoms with Gasteiger partial charge in [-0.1, -0.05) is 17.7 Å². The van der Waals surface area contributed by atoms with Crippen LogP contribution in [0.3, 0.4) is 0 Å². The van der Waals surface area contributed by atoms with Gasteiger partial charge in [-0.2, -0.15) is 0 Å². The van der Waals surface area contributed by atoms with E-state index < -0.39 is 0 Å². The van der Waals surface area contributed by atoms with Crippen molar-refractivity contribution in [2.24, 2.45) is 0 Å². The lowest BCUT2D eigenvalue weighted by Gasteiger charge is -2.04. The van der Waals surface area contributed by atoms with E-state index in [4.69, 9.17) is 6.42 Å². The molecule has 1 aromatic heterocycles. The van der Waals surface area contributed by atoms with Gasteiger partial charge < -0.3 is 5.32 Å². The van der Waals surface area contributed by atoms with Crippen LogP contribution in [0.2, 0.25) is 0 Å². The Bertz CT molecular complexity index is 630. The van der Waals surface area contributed by atoms with Gasteiger partial charge in [0, 0.05) is 5.69 Å². The molecule has 0 radical (unpaired) electrons. The fourth-order valence-electron chi connectivity index (χ4n) is 1.52. The maximum absolute atomic E-state index is 11.6. The molecule has 1 amide bonds. The molecule has 0 saturated heterocycles. The first-order chi connectivity index (χ1) is 9.22. The number of carbonyl (C=O) groups excluding carboxylic acids is 1. The second kappa shape index (κ2) is 6.57. The Morgan fingerprint density at radius 3 is 3.16 bits per heavy atom. The topological polar surface area (TPSA) is 54.0 Å². The first-order valence-corrected chi connectivity index (χ1v) is 7.65. The van der Waals surface area contributed by atoms with Crippen LogP contribution in [0.5, 0.6) is 0 Å². The van der Waals surface area contributed by atoms with Gasteiger partial charge in [0.1, 0.15) is 0 Å². The first kappa shape index (κ1) is 13.9. The third-order valence-electron chi connectivity index (χ3n) is 2.34. The summed E-state index contributed by atoms with van der Waals surface area (Å²) in [5.74, 6) is 2.31. The molecule has 1 aromatic carbocycles. The minimum atomic E-state index is -0.107. The summed E-state index contributed by atoms with van der Waals surface area (Å²) >= 11 is 3.24. The third-order valence-corrected chi connectivity index (χ3v) is 4.34. The van der Waals surface area contributed by atoms with Gasteiger partial charge in [0.25, 0.3) is 0 Å². The summed E-state index contributed by atoms with van der Waals surface area (Å²) in [6.07, 6.45) is 7.09. The molecule has 4 nitrogen and oxygen atoms in total. The molecule has 0 aliphatic heterocycles. The first-order valence-electron chi connectivity index (χ1n) is 5.61. The Morgan fingerprint density at radius 2 is 2.42 bits per heavy atom. The molecule has 98 valence electrons. The van der Waals surface area contributed by atoms with E-state index in [-0.39, 0.29) is 12.5 Å². The van der Waals surface area contributed by atoms with Crippen LogP contribution in [-0.4, -0.2) is 30.2 Å². The number of hydrogen-bond donors (Lipinski definition) is 2. The number of amides is 1. The third kappa shape index (κ3) is 3.70. The number of hydrogen-bond acceptors (Lipinski definition) is 5. The Kier molecular flexibility index (Phi) is 4.80. The number of anilines is 1. The van der Waals surface area contributed by atoms with Crippen LogP contribution in [0, 0.1) is 12.3 Å². The Labute approximate surface area is 120 Å². The number of nitrogens with one attached hydrogen (secondary N) is 2. The van der Waals surface area contributed by atoms with Crippen LogP contribution in [0.1, 0.15) is 0 Å². The molecule has 0 aliphatic carbocycles. The molecule has 2 rings (SSSR count). The molecule has 6 heteroatoms. The van der Waals surface area contributed by atoms with Crippen LogP contribution >= 0.6 is 23.1 Å². The highest BCUT2D eigenvalue weighted by Gasteiger charge is 2.06. The molecule has 0 bridgehead atoms. The summed E-state index contributed by atoms with van der Waals surface area (Å²) in [6, 6.07) is 5.70. The minimum absolute atomic E-state index is 0.107. The van der Waals surface area contributed by atoms with Gasteiger partial charge >= 0.3 is 0 Å². The van der Waals surface area contributed by atoms with Gasteiger partial charge in [0.2, 0.25) is 5.91 Å². The van der Waals surface area contributed by atoms with E-state index in [1.54, 1.807) is 23.1 Å². The SMILES string of the molecule is C#CCNCC(=O)Nc1ccc2nc(SC)sc2c1. The van der Waals surface area contributed by atoms with Crippen molar-refractivity contribution in [3.8, 4) is 12.3 Å². The highest BCUT2D eigenvalue weighted by molar-refractivity contribution is 8.00. The van der Waals surface area contributed by atoms with E-state index in [1.165, 1.54) is 0 Å². The van der Waals surface area contributed by atoms with Crippen molar-refractivity contribution < 1.29 is 4.79 Å². The standard InChI is InChI=1S/C13H13N3OS2/c1-3-6-14-8-12(17)15-9-4-5-10-11(7-9)19-13(16-10)18-2/h1,4-5,7,14H,6,8H2,2H3,(H,15,17). The fourth-order valence-corrected chi connectivity index (χ4v) is 3.05. The lowest BCUT2D eigenvalue weighted by molar-refractivity contribution is -0.115. The second-order valence-corrected chi connectivity index (χ2v) is 5.81. The van der Waals surface area contributed by atoms with E-state index in [0.717, 1.165) is 20.2 Å².